The Bertz CT molecular complexity index is 823. The van der Waals surface area contributed by atoms with Crippen LogP contribution >= 0.6 is 11.8 Å². The lowest BCUT2D eigenvalue weighted by molar-refractivity contribution is -0.113. The molecule has 0 radical (unpaired) electrons. The van der Waals surface area contributed by atoms with Crippen LogP contribution in [0.3, 0.4) is 0 Å². The van der Waals surface area contributed by atoms with Crippen molar-refractivity contribution in [2.45, 2.75) is 72.1 Å². The van der Waals surface area contributed by atoms with E-state index in [1.54, 1.807) is 11.8 Å². The van der Waals surface area contributed by atoms with E-state index in [4.69, 9.17) is 0 Å². The first kappa shape index (κ1) is 24.3. The van der Waals surface area contributed by atoms with Crippen molar-refractivity contribution in [1.82, 2.24) is 0 Å². The molecule has 2 aromatic rings. The Morgan fingerprint density at radius 1 is 0.967 bits per heavy atom. The first-order valence-corrected chi connectivity index (χ1v) is 11.8. The quantitative estimate of drug-likeness (QED) is 0.489. The molecule has 0 spiro atoms. The van der Waals surface area contributed by atoms with Gasteiger partial charge < -0.3 is 10.4 Å². The van der Waals surface area contributed by atoms with Crippen LogP contribution in [-0.2, 0) is 22.0 Å². The van der Waals surface area contributed by atoms with Gasteiger partial charge in [0.05, 0.1) is 5.75 Å². The number of carbonyl (C=O) groups is 1. The third kappa shape index (κ3) is 7.09. The molecule has 2 N–H and O–H groups in total. The summed E-state index contributed by atoms with van der Waals surface area (Å²) in [6.07, 6.45) is 1.94. The number of aromatic hydroxyl groups is 1. The van der Waals surface area contributed by atoms with Gasteiger partial charge in [0.2, 0.25) is 5.91 Å². The molecule has 0 bridgehead atoms. The number of rotatable bonds is 7. The largest absolute Gasteiger partial charge is 0.507 e. The average Bonchev–Trinajstić information content (AvgIpc) is 2.62. The van der Waals surface area contributed by atoms with Crippen LogP contribution in [0, 0.1) is 6.92 Å². The van der Waals surface area contributed by atoms with Gasteiger partial charge in [0.15, 0.2) is 0 Å². The van der Waals surface area contributed by atoms with Crippen molar-refractivity contribution in [2.24, 2.45) is 0 Å². The summed E-state index contributed by atoms with van der Waals surface area (Å²) in [5.41, 5.74) is 5.09. The van der Waals surface area contributed by atoms with E-state index in [-0.39, 0.29) is 16.7 Å². The molecule has 0 fully saturated rings. The molecule has 0 atom stereocenters. The summed E-state index contributed by atoms with van der Waals surface area (Å²) in [5, 5.41) is 13.8. The van der Waals surface area contributed by atoms with Gasteiger partial charge in [-0.2, -0.15) is 11.8 Å². The zero-order chi connectivity index (χ0) is 22.5. The third-order valence-electron chi connectivity index (χ3n) is 5.11. The normalized spacial score (nSPS) is 12.1. The second-order valence-electron chi connectivity index (χ2n) is 10.1. The topological polar surface area (TPSA) is 49.3 Å². The van der Waals surface area contributed by atoms with Crippen molar-refractivity contribution in [1.29, 1.82) is 0 Å². The van der Waals surface area contributed by atoms with E-state index in [2.05, 4.69) is 59.0 Å². The smallest absolute Gasteiger partial charge is 0.234 e. The molecule has 0 unspecified atom stereocenters. The van der Waals surface area contributed by atoms with E-state index in [1.807, 2.05) is 31.2 Å². The maximum atomic E-state index is 12.1. The van der Waals surface area contributed by atoms with E-state index in [0.29, 0.717) is 11.5 Å². The van der Waals surface area contributed by atoms with Gasteiger partial charge in [-0.25, -0.2) is 0 Å². The molecule has 164 valence electrons. The van der Waals surface area contributed by atoms with Crippen molar-refractivity contribution in [3.05, 3.63) is 58.7 Å². The number of anilines is 1. The van der Waals surface area contributed by atoms with Crippen LogP contribution in [0.25, 0.3) is 0 Å². The number of phenols is 1. The lowest BCUT2D eigenvalue weighted by atomic mass is 9.78. The summed E-state index contributed by atoms with van der Waals surface area (Å²) >= 11 is 1.66. The van der Waals surface area contributed by atoms with Gasteiger partial charge in [-0.3, -0.25) is 4.79 Å². The van der Waals surface area contributed by atoms with Crippen LogP contribution in [0.2, 0.25) is 0 Å². The molecule has 0 saturated heterocycles. The first-order valence-electron chi connectivity index (χ1n) is 10.7. The Morgan fingerprint density at radius 3 is 2.00 bits per heavy atom. The monoisotopic (exact) mass is 427 g/mol. The van der Waals surface area contributed by atoms with Crippen molar-refractivity contribution in [2.75, 3.05) is 16.8 Å². The van der Waals surface area contributed by atoms with Crippen LogP contribution in [0.5, 0.6) is 5.75 Å². The van der Waals surface area contributed by atoms with Gasteiger partial charge in [-0.05, 0) is 65.2 Å². The zero-order valence-electron chi connectivity index (χ0n) is 19.6. The Kier molecular flexibility index (Phi) is 8.04. The standard InChI is InChI=1S/C26H37NO2S/c1-18-10-12-20(13-11-18)27-23(28)17-30-14-8-9-19-15-21(25(2,3)4)24(29)22(16-19)26(5,6)7/h10-13,15-16,29H,8-9,14,17H2,1-7H3,(H,27,28). The number of benzene rings is 2. The van der Waals surface area contributed by atoms with E-state index >= 15 is 0 Å². The highest BCUT2D eigenvalue weighted by molar-refractivity contribution is 7.99. The molecule has 4 heteroatoms. The van der Waals surface area contributed by atoms with Crippen molar-refractivity contribution < 1.29 is 9.90 Å². The van der Waals surface area contributed by atoms with Crippen molar-refractivity contribution in [3.8, 4) is 5.75 Å². The minimum atomic E-state index is -0.108. The van der Waals surface area contributed by atoms with Gasteiger partial charge in [-0.15, -0.1) is 0 Å². The minimum absolute atomic E-state index is 0.0403. The third-order valence-corrected chi connectivity index (χ3v) is 6.15. The van der Waals surface area contributed by atoms with E-state index < -0.39 is 0 Å². The number of phenolic OH excluding ortho intramolecular Hbond substituents is 1. The number of carbonyl (C=O) groups excluding carboxylic acids is 1. The summed E-state index contributed by atoms with van der Waals surface area (Å²) in [7, 11) is 0. The number of thioether (sulfide) groups is 1. The lowest BCUT2D eigenvalue weighted by Crippen LogP contribution is -2.18. The molecule has 0 aromatic heterocycles. The lowest BCUT2D eigenvalue weighted by Gasteiger charge is -2.28. The number of hydrogen-bond donors (Lipinski definition) is 2. The van der Waals surface area contributed by atoms with E-state index in [0.717, 1.165) is 35.4 Å². The molecular formula is C26H37NO2S. The molecule has 2 rings (SSSR count). The second-order valence-corrected chi connectivity index (χ2v) is 11.2. The predicted molar refractivity (Wildman–Crippen MR) is 131 cm³/mol. The zero-order valence-corrected chi connectivity index (χ0v) is 20.4. The van der Waals surface area contributed by atoms with E-state index in [1.165, 1.54) is 11.1 Å². The average molecular weight is 428 g/mol. The molecule has 1 amide bonds. The summed E-state index contributed by atoms with van der Waals surface area (Å²) in [5.74, 6) is 1.86. The number of nitrogens with one attached hydrogen (secondary N) is 1. The fourth-order valence-corrected chi connectivity index (χ4v) is 4.11. The Labute approximate surface area is 186 Å². The van der Waals surface area contributed by atoms with E-state index in [9.17, 15) is 9.90 Å². The number of aryl methyl sites for hydroxylation is 2. The van der Waals surface area contributed by atoms with Gasteiger partial charge in [0.1, 0.15) is 5.75 Å². The maximum absolute atomic E-state index is 12.1. The number of amides is 1. The minimum Gasteiger partial charge on any atom is -0.507 e. The Balaban J connectivity index is 1.91. The second kappa shape index (κ2) is 9.91. The molecular weight excluding hydrogens is 390 g/mol. The Hall–Kier alpha value is -1.94. The van der Waals surface area contributed by atoms with Crippen LogP contribution < -0.4 is 5.32 Å². The summed E-state index contributed by atoms with van der Waals surface area (Å²) in [6, 6.07) is 12.2. The molecule has 0 aliphatic heterocycles. The maximum Gasteiger partial charge on any atom is 0.234 e. The van der Waals surface area contributed by atoms with Crippen LogP contribution in [-0.4, -0.2) is 22.5 Å². The van der Waals surface area contributed by atoms with Crippen LogP contribution in [0.1, 0.15) is 70.2 Å². The number of hydrogen-bond acceptors (Lipinski definition) is 3. The van der Waals surface area contributed by atoms with Crippen LogP contribution in [0.4, 0.5) is 5.69 Å². The summed E-state index contributed by atoms with van der Waals surface area (Å²) in [6.45, 7) is 14.9. The Morgan fingerprint density at radius 2 is 1.50 bits per heavy atom. The summed E-state index contributed by atoms with van der Waals surface area (Å²) < 4.78 is 0. The highest BCUT2D eigenvalue weighted by Crippen LogP contribution is 2.40. The van der Waals surface area contributed by atoms with Gasteiger partial charge in [0.25, 0.3) is 0 Å². The summed E-state index contributed by atoms with van der Waals surface area (Å²) in [4.78, 5) is 12.1. The molecule has 0 aliphatic rings. The first-order chi connectivity index (χ1) is 13.9. The molecule has 0 heterocycles. The SMILES string of the molecule is Cc1ccc(NC(=O)CSCCCc2cc(C(C)(C)C)c(O)c(C(C)(C)C)c2)cc1. The molecule has 3 nitrogen and oxygen atoms in total. The van der Waals surface area contributed by atoms with Gasteiger partial charge >= 0.3 is 0 Å². The van der Waals surface area contributed by atoms with Crippen LogP contribution in [0.15, 0.2) is 36.4 Å². The molecule has 2 aromatic carbocycles. The van der Waals surface area contributed by atoms with Gasteiger partial charge in [-0.1, -0.05) is 71.4 Å². The molecule has 0 saturated carbocycles. The predicted octanol–water partition coefficient (Wildman–Crippen LogP) is 6.60. The fourth-order valence-electron chi connectivity index (χ4n) is 3.36. The molecule has 0 aliphatic carbocycles. The van der Waals surface area contributed by atoms with Gasteiger partial charge in [0, 0.05) is 5.69 Å². The highest BCUT2D eigenvalue weighted by Gasteiger charge is 2.26. The van der Waals surface area contributed by atoms with Crippen molar-refractivity contribution >= 4 is 23.4 Å². The molecule has 30 heavy (non-hydrogen) atoms. The fraction of sp³-hybridized carbons (Fsp3) is 0.500. The van der Waals surface area contributed by atoms with Crippen molar-refractivity contribution in [3.63, 3.8) is 0 Å². The highest BCUT2D eigenvalue weighted by atomic mass is 32.2.